The summed E-state index contributed by atoms with van der Waals surface area (Å²) in [6.07, 6.45) is 4.97. The fourth-order valence-electron chi connectivity index (χ4n) is 4.83. The van der Waals surface area contributed by atoms with Gasteiger partial charge in [-0.3, -0.25) is 4.79 Å². The van der Waals surface area contributed by atoms with Gasteiger partial charge < -0.3 is 4.90 Å². The van der Waals surface area contributed by atoms with Crippen LogP contribution in [0.2, 0.25) is 0 Å². The molecular formula is C24H22N4OS. The average Bonchev–Trinajstić information content (AvgIpc) is 3.56. The Labute approximate surface area is 179 Å². The predicted octanol–water partition coefficient (Wildman–Crippen LogP) is 4.95. The van der Waals surface area contributed by atoms with E-state index in [-0.39, 0.29) is 11.9 Å². The van der Waals surface area contributed by atoms with Crippen molar-refractivity contribution < 1.29 is 4.79 Å². The van der Waals surface area contributed by atoms with Crippen molar-refractivity contribution in [1.29, 1.82) is 0 Å². The number of hydrogen-bond acceptors (Lipinski definition) is 4. The topological polar surface area (TPSA) is 51.0 Å². The van der Waals surface area contributed by atoms with Crippen molar-refractivity contribution in [3.63, 3.8) is 0 Å². The van der Waals surface area contributed by atoms with Crippen molar-refractivity contribution in [2.75, 3.05) is 6.54 Å². The average molecular weight is 415 g/mol. The largest absolute Gasteiger partial charge is 0.328 e. The van der Waals surface area contributed by atoms with Gasteiger partial charge in [-0.15, -0.1) is 11.3 Å². The normalized spacial score (nSPS) is 18.3. The Morgan fingerprint density at radius 2 is 1.83 bits per heavy atom. The van der Waals surface area contributed by atoms with E-state index in [0.29, 0.717) is 5.69 Å². The molecule has 1 aliphatic heterocycles. The lowest BCUT2D eigenvalue weighted by Crippen LogP contribution is -2.31. The number of carbonyl (C=O) groups is 1. The number of rotatable bonds is 3. The number of aromatic nitrogens is 3. The van der Waals surface area contributed by atoms with E-state index in [4.69, 9.17) is 10.1 Å². The highest BCUT2D eigenvalue weighted by atomic mass is 32.1. The maximum absolute atomic E-state index is 13.7. The van der Waals surface area contributed by atoms with Crippen LogP contribution in [0.15, 0.2) is 54.6 Å². The molecule has 0 radical (unpaired) electrons. The lowest BCUT2D eigenvalue weighted by molar-refractivity contribution is 0.0728. The SMILES string of the molecule is O=C(c1nn(-c2ccccc2)c2c1CCC2)N1CCC[C@H]1c1nc2ccccc2s1. The molecule has 1 aliphatic carbocycles. The number of amides is 1. The minimum absolute atomic E-state index is 0.0498. The number of likely N-dealkylation sites (tertiary alicyclic amines) is 1. The minimum Gasteiger partial charge on any atom is -0.328 e. The van der Waals surface area contributed by atoms with Crippen LogP contribution in [0.5, 0.6) is 0 Å². The Kier molecular flexibility index (Phi) is 4.20. The summed E-state index contributed by atoms with van der Waals surface area (Å²) in [5.74, 6) is 0.0598. The third-order valence-corrected chi connectivity index (χ3v) is 7.38. The van der Waals surface area contributed by atoms with E-state index in [0.717, 1.165) is 60.4 Å². The summed E-state index contributed by atoms with van der Waals surface area (Å²) in [6.45, 7) is 0.770. The number of nitrogens with zero attached hydrogens (tertiary/aromatic N) is 4. The van der Waals surface area contributed by atoms with Gasteiger partial charge in [-0.2, -0.15) is 5.10 Å². The smallest absolute Gasteiger partial charge is 0.275 e. The van der Waals surface area contributed by atoms with Crippen LogP contribution >= 0.6 is 11.3 Å². The summed E-state index contributed by atoms with van der Waals surface area (Å²) >= 11 is 1.71. The second kappa shape index (κ2) is 7.06. The monoisotopic (exact) mass is 414 g/mol. The third-order valence-electron chi connectivity index (χ3n) is 6.24. The fourth-order valence-corrected chi connectivity index (χ4v) is 5.94. The summed E-state index contributed by atoms with van der Waals surface area (Å²) in [5, 5.41) is 5.87. The molecule has 2 aromatic carbocycles. The van der Waals surface area contributed by atoms with E-state index >= 15 is 0 Å². The van der Waals surface area contributed by atoms with E-state index in [1.54, 1.807) is 11.3 Å². The molecule has 30 heavy (non-hydrogen) atoms. The number of carbonyl (C=O) groups excluding carboxylic acids is 1. The molecule has 1 atom stereocenters. The molecule has 1 amide bonds. The summed E-state index contributed by atoms with van der Waals surface area (Å²) in [5.41, 5.74) is 5.02. The quantitative estimate of drug-likeness (QED) is 0.477. The Bertz CT molecular complexity index is 1210. The molecule has 3 heterocycles. The first-order valence-electron chi connectivity index (χ1n) is 10.6. The molecule has 0 spiro atoms. The molecule has 0 unspecified atom stereocenters. The second-order valence-electron chi connectivity index (χ2n) is 8.05. The summed E-state index contributed by atoms with van der Waals surface area (Å²) in [4.78, 5) is 20.5. The molecule has 1 saturated heterocycles. The van der Waals surface area contributed by atoms with Crippen molar-refractivity contribution in [3.8, 4) is 5.69 Å². The number of hydrogen-bond donors (Lipinski definition) is 0. The lowest BCUT2D eigenvalue weighted by atomic mass is 10.1. The Morgan fingerprint density at radius 1 is 1.00 bits per heavy atom. The van der Waals surface area contributed by atoms with Gasteiger partial charge in [0.2, 0.25) is 0 Å². The number of para-hydroxylation sites is 2. The maximum Gasteiger partial charge on any atom is 0.275 e. The number of thiazole rings is 1. The molecule has 150 valence electrons. The highest BCUT2D eigenvalue weighted by Gasteiger charge is 2.36. The standard InChI is InChI=1S/C24H22N4OS/c29-24(22-17-10-6-12-19(17)28(26-22)16-8-2-1-3-9-16)27-15-7-13-20(27)23-25-18-11-4-5-14-21(18)30-23/h1-5,8-9,11,14,20H,6-7,10,12-13,15H2/t20-/m0/s1. The molecule has 0 bridgehead atoms. The first-order valence-corrected chi connectivity index (χ1v) is 11.4. The summed E-state index contributed by atoms with van der Waals surface area (Å²) in [6, 6.07) is 18.4. The Morgan fingerprint density at radius 3 is 2.70 bits per heavy atom. The van der Waals surface area contributed by atoms with Crippen LogP contribution in [-0.4, -0.2) is 32.1 Å². The van der Waals surface area contributed by atoms with Crippen molar-refractivity contribution in [1.82, 2.24) is 19.7 Å². The van der Waals surface area contributed by atoms with E-state index in [1.165, 1.54) is 10.4 Å². The van der Waals surface area contributed by atoms with E-state index in [2.05, 4.69) is 18.2 Å². The third kappa shape index (κ3) is 2.78. The van der Waals surface area contributed by atoms with Gasteiger partial charge in [0.05, 0.1) is 21.9 Å². The van der Waals surface area contributed by atoms with Gasteiger partial charge in [0.25, 0.3) is 5.91 Å². The molecule has 6 heteroatoms. The predicted molar refractivity (Wildman–Crippen MR) is 118 cm³/mol. The van der Waals surface area contributed by atoms with Crippen molar-refractivity contribution >= 4 is 27.5 Å². The zero-order chi connectivity index (χ0) is 20.1. The number of benzene rings is 2. The fraction of sp³-hybridized carbons (Fsp3) is 0.292. The van der Waals surface area contributed by atoms with Crippen LogP contribution < -0.4 is 0 Å². The van der Waals surface area contributed by atoms with Crippen LogP contribution in [0.3, 0.4) is 0 Å². The van der Waals surface area contributed by atoms with Gasteiger partial charge in [0, 0.05) is 17.8 Å². The zero-order valence-electron chi connectivity index (χ0n) is 16.6. The summed E-state index contributed by atoms with van der Waals surface area (Å²) < 4.78 is 3.17. The molecule has 0 N–H and O–H groups in total. The molecule has 5 nitrogen and oxygen atoms in total. The second-order valence-corrected chi connectivity index (χ2v) is 9.11. The number of fused-ring (bicyclic) bond motifs is 2. The van der Waals surface area contributed by atoms with Gasteiger partial charge in [-0.25, -0.2) is 9.67 Å². The Hall–Kier alpha value is -2.99. The summed E-state index contributed by atoms with van der Waals surface area (Å²) in [7, 11) is 0. The van der Waals surface area contributed by atoms with Crippen molar-refractivity contribution in [2.45, 2.75) is 38.1 Å². The van der Waals surface area contributed by atoms with Crippen molar-refractivity contribution in [2.24, 2.45) is 0 Å². The van der Waals surface area contributed by atoms with Gasteiger partial charge in [-0.1, -0.05) is 30.3 Å². The van der Waals surface area contributed by atoms with Gasteiger partial charge in [-0.05, 0) is 56.4 Å². The Balaban J connectivity index is 1.38. The van der Waals surface area contributed by atoms with E-state index in [9.17, 15) is 4.79 Å². The van der Waals surface area contributed by atoms with Gasteiger partial charge >= 0.3 is 0 Å². The van der Waals surface area contributed by atoms with Gasteiger partial charge in [0.1, 0.15) is 5.01 Å². The minimum atomic E-state index is 0.0498. The van der Waals surface area contributed by atoms with Crippen LogP contribution in [0, 0.1) is 0 Å². The zero-order valence-corrected chi connectivity index (χ0v) is 17.4. The highest BCUT2D eigenvalue weighted by Crippen LogP contribution is 2.38. The molecule has 4 aromatic rings. The molecule has 2 aliphatic rings. The van der Waals surface area contributed by atoms with Crippen LogP contribution in [0.25, 0.3) is 15.9 Å². The van der Waals surface area contributed by atoms with Crippen molar-refractivity contribution in [3.05, 3.63) is 76.6 Å². The van der Waals surface area contributed by atoms with Crippen LogP contribution in [0.1, 0.15) is 52.1 Å². The molecule has 2 aromatic heterocycles. The van der Waals surface area contributed by atoms with Crippen LogP contribution in [-0.2, 0) is 12.8 Å². The molecule has 6 rings (SSSR count). The van der Waals surface area contributed by atoms with Gasteiger partial charge in [0.15, 0.2) is 5.69 Å². The molecule has 1 fully saturated rings. The lowest BCUT2D eigenvalue weighted by Gasteiger charge is -2.22. The first kappa shape index (κ1) is 17.8. The van der Waals surface area contributed by atoms with E-state index in [1.807, 2.05) is 46.0 Å². The first-order chi connectivity index (χ1) is 14.8. The molecular weight excluding hydrogens is 392 g/mol. The maximum atomic E-state index is 13.7. The molecule has 0 saturated carbocycles. The van der Waals surface area contributed by atoms with E-state index < -0.39 is 0 Å². The van der Waals surface area contributed by atoms with Crippen LogP contribution in [0.4, 0.5) is 0 Å². The highest BCUT2D eigenvalue weighted by molar-refractivity contribution is 7.18.